The molecule has 2 N–H and O–H groups in total. The van der Waals surface area contributed by atoms with Crippen molar-refractivity contribution in [2.24, 2.45) is 0 Å². The molecule has 3 heteroatoms. The standard InChI is InChI=1S/C9H8O3/c10-6-4-8(11)7-2-1-3-12-9(7)5-6/h1,3-5,10-11H,2H2. The van der Waals surface area contributed by atoms with E-state index in [1.807, 2.05) is 0 Å². The predicted octanol–water partition coefficient (Wildman–Crippen LogP) is 1.55. The lowest BCUT2D eigenvalue weighted by atomic mass is 10.1. The molecule has 0 fully saturated rings. The summed E-state index contributed by atoms with van der Waals surface area (Å²) in [6, 6.07) is 2.79. The maximum absolute atomic E-state index is 9.36. The first-order valence-electron chi connectivity index (χ1n) is 3.64. The average Bonchev–Trinajstić information content (AvgIpc) is 2.04. The van der Waals surface area contributed by atoms with Crippen molar-refractivity contribution in [3.05, 3.63) is 30.0 Å². The van der Waals surface area contributed by atoms with Crippen LogP contribution in [0.3, 0.4) is 0 Å². The first-order chi connectivity index (χ1) is 5.77. The second-order valence-corrected chi connectivity index (χ2v) is 2.64. The van der Waals surface area contributed by atoms with Crippen molar-refractivity contribution in [2.75, 3.05) is 0 Å². The number of phenolic OH excluding ortho intramolecular Hbond substituents is 2. The van der Waals surface area contributed by atoms with E-state index in [1.54, 1.807) is 12.3 Å². The molecule has 1 aliphatic heterocycles. The SMILES string of the molecule is Oc1cc(O)c2c(c1)OC=CC2. The van der Waals surface area contributed by atoms with E-state index in [0.29, 0.717) is 12.2 Å². The Kier molecular flexibility index (Phi) is 1.43. The Morgan fingerprint density at radius 1 is 1.25 bits per heavy atom. The number of phenols is 2. The Hall–Kier alpha value is -1.64. The molecule has 1 heterocycles. The molecule has 0 atom stereocenters. The minimum atomic E-state index is 0.0153. The molecule has 62 valence electrons. The Labute approximate surface area is 69.5 Å². The number of fused-ring (bicyclic) bond motifs is 1. The fourth-order valence-corrected chi connectivity index (χ4v) is 1.21. The van der Waals surface area contributed by atoms with Gasteiger partial charge in [0.2, 0.25) is 0 Å². The van der Waals surface area contributed by atoms with Crippen LogP contribution in [0.1, 0.15) is 5.56 Å². The van der Waals surface area contributed by atoms with Gasteiger partial charge in [0.15, 0.2) is 0 Å². The summed E-state index contributed by atoms with van der Waals surface area (Å²) in [7, 11) is 0. The summed E-state index contributed by atoms with van der Waals surface area (Å²) >= 11 is 0. The van der Waals surface area contributed by atoms with Gasteiger partial charge in [0.25, 0.3) is 0 Å². The average molecular weight is 164 g/mol. The summed E-state index contributed by atoms with van der Waals surface area (Å²) in [4.78, 5) is 0. The molecule has 1 aliphatic rings. The molecule has 0 saturated carbocycles. The molecule has 0 aromatic heterocycles. The zero-order valence-electron chi connectivity index (χ0n) is 6.32. The summed E-state index contributed by atoms with van der Waals surface area (Å²) in [5.74, 6) is 0.617. The summed E-state index contributed by atoms with van der Waals surface area (Å²) in [6.45, 7) is 0. The normalized spacial score (nSPS) is 13.7. The van der Waals surface area contributed by atoms with Gasteiger partial charge < -0.3 is 14.9 Å². The van der Waals surface area contributed by atoms with E-state index in [9.17, 15) is 5.11 Å². The van der Waals surface area contributed by atoms with Crippen molar-refractivity contribution in [2.45, 2.75) is 6.42 Å². The van der Waals surface area contributed by atoms with Crippen molar-refractivity contribution in [3.63, 3.8) is 0 Å². The van der Waals surface area contributed by atoms with Gasteiger partial charge in [-0.05, 0) is 6.08 Å². The highest BCUT2D eigenvalue weighted by Crippen LogP contribution is 2.35. The number of rotatable bonds is 0. The highest BCUT2D eigenvalue weighted by atomic mass is 16.5. The number of hydrogen-bond donors (Lipinski definition) is 2. The molecule has 3 nitrogen and oxygen atoms in total. The van der Waals surface area contributed by atoms with Crippen LogP contribution in [0.2, 0.25) is 0 Å². The van der Waals surface area contributed by atoms with Gasteiger partial charge in [0.1, 0.15) is 17.2 Å². The van der Waals surface area contributed by atoms with Crippen LogP contribution in [0.5, 0.6) is 17.2 Å². The van der Waals surface area contributed by atoms with Crippen LogP contribution in [0.4, 0.5) is 0 Å². The van der Waals surface area contributed by atoms with Crippen molar-refractivity contribution in [3.8, 4) is 17.2 Å². The number of allylic oxidation sites excluding steroid dienone is 1. The largest absolute Gasteiger partial charge is 0.508 e. The Morgan fingerprint density at radius 3 is 2.92 bits per heavy atom. The van der Waals surface area contributed by atoms with Gasteiger partial charge in [0.05, 0.1) is 6.26 Å². The van der Waals surface area contributed by atoms with Crippen LogP contribution in [0.15, 0.2) is 24.5 Å². The first-order valence-corrected chi connectivity index (χ1v) is 3.64. The van der Waals surface area contributed by atoms with Crippen molar-refractivity contribution in [1.29, 1.82) is 0 Å². The maximum atomic E-state index is 9.36. The lowest BCUT2D eigenvalue weighted by Gasteiger charge is -2.12. The number of benzene rings is 1. The highest BCUT2D eigenvalue weighted by Gasteiger charge is 2.12. The van der Waals surface area contributed by atoms with Crippen LogP contribution in [-0.2, 0) is 6.42 Å². The van der Waals surface area contributed by atoms with Crippen molar-refractivity contribution < 1.29 is 14.9 Å². The van der Waals surface area contributed by atoms with Gasteiger partial charge in [-0.2, -0.15) is 0 Å². The van der Waals surface area contributed by atoms with Crippen molar-refractivity contribution in [1.82, 2.24) is 0 Å². The summed E-state index contributed by atoms with van der Waals surface area (Å²) in [5.41, 5.74) is 0.718. The molecular formula is C9H8O3. The van der Waals surface area contributed by atoms with Gasteiger partial charge in [-0.25, -0.2) is 0 Å². The molecular weight excluding hydrogens is 156 g/mol. The topological polar surface area (TPSA) is 49.7 Å². The van der Waals surface area contributed by atoms with Crippen LogP contribution >= 0.6 is 0 Å². The molecule has 1 aromatic carbocycles. The van der Waals surface area contributed by atoms with Gasteiger partial charge in [-0.1, -0.05) is 0 Å². The molecule has 0 radical (unpaired) electrons. The monoisotopic (exact) mass is 164 g/mol. The van der Waals surface area contributed by atoms with E-state index < -0.39 is 0 Å². The molecule has 0 amide bonds. The lowest BCUT2D eigenvalue weighted by molar-refractivity contribution is 0.417. The fraction of sp³-hybridized carbons (Fsp3) is 0.111. The minimum absolute atomic E-state index is 0.0153. The summed E-state index contributed by atoms with van der Waals surface area (Å²) in [5, 5.41) is 18.5. The van der Waals surface area contributed by atoms with E-state index >= 15 is 0 Å². The van der Waals surface area contributed by atoms with Crippen LogP contribution in [-0.4, -0.2) is 10.2 Å². The highest BCUT2D eigenvalue weighted by molar-refractivity contribution is 5.51. The summed E-state index contributed by atoms with van der Waals surface area (Å²) in [6.07, 6.45) is 3.99. The van der Waals surface area contributed by atoms with Crippen LogP contribution in [0.25, 0.3) is 0 Å². The fourth-order valence-electron chi connectivity index (χ4n) is 1.21. The third-order valence-corrected chi connectivity index (χ3v) is 1.78. The second kappa shape index (κ2) is 2.44. The number of aromatic hydroxyl groups is 2. The van der Waals surface area contributed by atoms with Crippen molar-refractivity contribution >= 4 is 0 Å². The zero-order chi connectivity index (χ0) is 8.55. The van der Waals surface area contributed by atoms with E-state index in [1.165, 1.54) is 12.1 Å². The first kappa shape index (κ1) is 7.03. The van der Waals surface area contributed by atoms with Gasteiger partial charge in [-0.15, -0.1) is 0 Å². The minimum Gasteiger partial charge on any atom is -0.508 e. The maximum Gasteiger partial charge on any atom is 0.137 e. The van der Waals surface area contributed by atoms with E-state index in [4.69, 9.17) is 9.84 Å². The lowest BCUT2D eigenvalue weighted by Crippen LogP contribution is -1.96. The number of ether oxygens (including phenoxy) is 1. The molecule has 12 heavy (non-hydrogen) atoms. The van der Waals surface area contributed by atoms with Crippen LogP contribution in [0, 0.1) is 0 Å². The molecule has 0 spiro atoms. The van der Waals surface area contributed by atoms with E-state index in [0.717, 1.165) is 5.56 Å². The second-order valence-electron chi connectivity index (χ2n) is 2.64. The summed E-state index contributed by atoms with van der Waals surface area (Å²) < 4.78 is 5.08. The third-order valence-electron chi connectivity index (χ3n) is 1.78. The molecule has 1 aromatic rings. The van der Waals surface area contributed by atoms with Gasteiger partial charge >= 0.3 is 0 Å². The molecule has 0 aliphatic carbocycles. The van der Waals surface area contributed by atoms with E-state index in [2.05, 4.69) is 0 Å². The zero-order valence-corrected chi connectivity index (χ0v) is 6.32. The third kappa shape index (κ3) is 0.993. The van der Waals surface area contributed by atoms with Crippen LogP contribution < -0.4 is 4.74 Å². The van der Waals surface area contributed by atoms with Gasteiger partial charge in [-0.3, -0.25) is 0 Å². The van der Waals surface area contributed by atoms with E-state index in [-0.39, 0.29) is 11.5 Å². The smallest absolute Gasteiger partial charge is 0.137 e. The quantitative estimate of drug-likeness (QED) is 0.611. The Bertz CT molecular complexity index is 342. The predicted molar refractivity (Wildman–Crippen MR) is 43.2 cm³/mol. The molecule has 0 saturated heterocycles. The Balaban J connectivity index is 2.57. The molecule has 2 rings (SSSR count). The van der Waals surface area contributed by atoms with Gasteiger partial charge in [0, 0.05) is 24.1 Å². The molecule has 0 bridgehead atoms. The number of hydrogen-bond acceptors (Lipinski definition) is 3. The molecule has 0 unspecified atom stereocenters. The Morgan fingerprint density at radius 2 is 2.08 bits per heavy atom.